The van der Waals surface area contributed by atoms with Crippen LogP contribution < -0.4 is 5.32 Å². The second-order valence-corrected chi connectivity index (χ2v) is 4.85. The maximum atomic E-state index is 13.2. The lowest BCUT2D eigenvalue weighted by atomic mass is 10.0. The lowest BCUT2D eigenvalue weighted by molar-refractivity contribution is -0.387. The summed E-state index contributed by atoms with van der Waals surface area (Å²) >= 11 is 0. The molecule has 1 aromatic rings. The number of benzene rings is 1. The van der Waals surface area contributed by atoms with Gasteiger partial charge in [0.1, 0.15) is 0 Å². The molecule has 0 saturated heterocycles. The molecule has 1 unspecified atom stereocenters. The molecule has 1 aromatic carbocycles. The van der Waals surface area contributed by atoms with E-state index >= 15 is 0 Å². The number of hydrogen-bond acceptors (Lipinski definition) is 5. The van der Waals surface area contributed by atoms with Gasteiger partial charge in [0.05, 0.1) is 10.5 Å². The van der Waals surface area contributed by atoms with Gasteiger partial charge in [-0.05, 0) is 19.1 Å². The molecular formula is C13H17FN2O5. The fourth-order valence-corrected chi connectivity index (χ4v) is 1.58. The highest BCUT2D eigenvalue weighted by atomic mass is 19.1. The topological polar surface area (TPSA) is 102 Å². The first-order valence-electron chi connectivity index (χ1n) is 6.20. The number of aliphatic hydroxyl groups is 1. The first-order chi connectivity index (χ1) is 9.76. The Morgan fingerprint density at radius 3 is 2.81 bits per heavy atom. The number of ether oxygens (including phenoxy) is 1. The zero-order chi connectivity index (χ0) is 16.0. The van der Waals surface area contributed by atoms with Gasteiger partial charge in [-0.25, -0.2) is 0 Å². The third-order valence-electron chi connectivity index (χ3n) is 2.88. The van der Waals surface area contributed by atoms with E-state index in [4.69, 9.17) is 4.74 Å². The largest absolute Gasteiger partial charge is 0.388 e. The monoisotopic (exact) mass is 300 g/mol. The van der Waals surface area contributed by atoms with E-state index in [0.717, 1.165) is 18.2 Å². The van der Waals surface area contributed by atoms with Gasteiger partial charge in [-0.3, -0.25) is 14.9 Å². The van der Waals surface area contributed by atoms with Gasteiger partial charge in [0.15, 0.2) is 0 Å². The van der Waals surface area contributed by atoms with Crippen molar-refractivity contribution in [1.82, 2.24) is 5.32 Å². The van der Waals surface area contributed by atoms with Crippen molar-refractivity contribution in [3.63, 3.8) is 0 Å². The predicted molar refractivity (Wildman–Crippen MR) is 72.5 cm³/mol. The number of carbonyl (C=O) groups excluding carboxylic acids is 1. The van der Waals surface area contributed by atoms with Crippen molar-refractivity contribution in [2.45, 2.75) is 18.9 Å². The molecule has 1 amide bonds. The van der Waals surface area contributed by atoms with Crippen molar-refractivity contribution in [2.75, 3.05) is 20.3 Å². The lowest BCUT2D eigenvalue weighted by Crippen LogP contribution is -2.41. The molecule has 0 bridgehead atoms. The normalized spacial score (nSPS) is 13.5. The molecule has 1 rings (SSSR count). The standard InChI is InChI=1S/C13H17FN2O5/c1-13(18,5-6-21-2)8-15-12(17)9-3-4-10(14)11(7-9)16(19)20/h3-4,7,18H,5-6,8H2,1-2H3,(H,15,17). The molecule has 0 saturated carbocycles. The Hall–Kier alpha value is -2.06. The summed E-state index contributed by atoms with van der Waals surface area (Å²) < 4.78 is 18.0. The molecule has 0 aromatic heterocycles. The molecule has 7 nitrogen and oxygen atoms in total. The Kier molecular flexibility index (Phi) is 5.74. The van der Waals surface area contributed by atoms with Crippen LogP contribution in [0.3, 0.4) is 0 Å². The molecule has 8 heteroatoms. The number of nitrogens with one attached hydrogen (secondary N) is 1. The Balaban J connectivity index is 2.72. The third-order valence-corrected chi connectivity index (χ3v) is 2.88. The van der Waals surface area contributed by atoms with E-state index in [1.807, 2.05) is 0 Å². The molecule has 0 radical (unpaired) electrons. The van der Waals surface area contributed by atoms with E-state index < -0.39 is 27.9 Å². The predicted octanol–water partition coefficient (Wildman–Crippen LogP) is 1.25. The van der Waals surface area contributed by atoms with Crippen LogP contribution in [0, 0.1) is 15.9 Å². The van der Waals surface area contributed by atoms with E-state index in [1.54, 1.807) is 0 Å². The summed E-state index contributed by atoms with van der Waals surface area (Å²) in [6.45, 7) is 1.80. The van der Waals surface area contributed by atoms with Crippen LogP contribution in [0.25, 0.3) is 0 Å². The van der Waals surface area contributed by atoms with Gasteiger partial charge in [-0.2, -0.15) is 4.39 Å². The van der Waals surface area contributed by atoms with E-state index in [2.05, 4.69) is 5.32 Å². The summed E-state index contributed by atoms with van der Waals surface area (Å²) in [6, 6.07) is 2.85. The molecule has 0 heterocycles. The van der Waals surface area contributed by atoms with Crippen LogP contribution in [0.4, 0.5) is 10.1 Å². The van der Waals surface area contributed by atoms with Crippen LogP contribution in [0.1, 0.15) is 23.7 Å². The Bertz CT molecular complexity index is 533. The Morgan fingerprint density at radius 2 is 2.24 bits per heavy atom. The second kappa shape index (κ2) is 7.09. The minimum Gasteiger partial charge on any atom is -0.388 e. The summed E-state index contributed by atoms with van der Waals surface area (Å²) in [5, 5.41) is 23.0. The van der Waals surface area contributed by atoms with Crippen LogP contribution in [-0.2, 0) is 4.74 Å². The zero-order valence-corrected chi connectivity index (χ0v) is 11.8. The molecule has 21 heavy (non-hydrogen) atoms. The molecule has 1 atom stereocenters. The summed E-state index contributed by atoms with van der Waals surface area (Å²) in [4.78, 5) is 21.6. The number of nitro groups is 1. The number of nitrogens with zero attached hydrogens (tertiary/aromatic N) is 1. The van der Waals surface area contributed by atoms with Crippen molar-refractivity contribution >= 4 is 11.6 Å². The minimum absolute atomic E-state index is 0.0503. The second-order valence-electron chi connectivity index (χ2n) is 4.85. The maximum absolute atomic E-state index is 13.2. The van der Waals surface area contributed by atoms with E-state index in [9.17, 15) is 24.4 Å². The quantitative estimate of drug-likeness (QED) is 0.583. The first-order valence-corrected chi connectivity index (χ1v) is 6.20. The number of rotatable bonds is 7. The molecule has 0 aliphatic carbocycles. The van der Waals surface area contributed by atoms with Crippen LogP contribution >= 0.6 is 0 Å². The average Bonchev–Trinajstić information content (AvgIpc) is 2.43. The van der Waals surface area contributed by atoms with Gasteiger partial charge >= 0.3 is 5.69 Å². The summed E-state index contributed by atoms with van der Waals surface area (Å²) in [5.41, 5.74) is -1.99. The number of amides is 1. The molecule has 0 aliphatic heterocycles. The minimum atomic E-state index is -1.17. The highest BCUT2D eigenvalue weighted by Crippen LogP contribution is 2.18. The zero-order valence-electron chi connectivity index (χ0n) is 11.8. The van der Waals surface area contributed by atoms with Gasteiger partial charge in [0.25, 0.3) is 5.91 Å². The van der Waals surface area contributed by atoms with Gasteiger partial charge in [-0.1, -0.05) is 0 Å². The highest BCUT2D eigenvalue weighted by Gasteiger charge is 2.22. The van der Waals surface area contributed by atoms with Gasteiger partial charge in [0.2, 0.25) is 5.82 Å². The number of methoxy groups -OCH3 is 1. The SMILES string of the molecule is COCCC(C)(O)CNC(=O)c1ccc(F)c([N+](=O)[O-])c1. The molecule has 0 aliphatic rings. The fourth-order valence-electron chi connectivity index (χ4n) is 1.58. The highest BCUT2D eigenvalue weighted by molar-refractivity contribution is 5.94. The molecule has 116 valence electrons. The number of carbonyl (C=O) groups is 1. The average molecular weight is 300 g/mol. The molecular weight excluding hydrogens is 283 g/mol. The number of hydrogen-bond donors (Lipinski definition) is 2. The van der Waals surface area contributed by atoms with Crippen molar-refractivity contribution in [1.29, 1.82) is 0 Å². The van der Waals surface area contributed by atoms with E-state index in [0.29, 0.717) is 13.0 Å². The van der Waals surface area contributed by atoms with Crippen LogP contribution in [0.2, 0.25) is 0 Å². The van der Waals surface area contributed by atoms with Gasteiger partial charge in [0, 0.05) is 38.3 Å². The van der Waals surface area contributed by atoms with Gasteiger partial charge < -0.3 is 15.2 Å². The molecule has 2 N–H and O–H groups in total. The Morgan fingerprint density at radius 1 is 1.57 bits per heavy atom. The van der Waals surface area contributed by atoms with Crippen LogP contribution in [0.15, 0.2) is 18.2 Å². The first kappa shape index (κ1) is 17.0. The summed E-state index contributed by atoms with van der Waals surface area (Å²) in [7, 11) is 1.49. The Labute approximate surface area is 120 Å². The summed E-state index contributed by atoms with van der Waals surface area (Å²) in [6.07, 6.45) is 0.313. The fraction of sp³-hybridized carbons (Fsp3) is 0.462. The number of nitro benzene ring substituents is 1. The van der Waals surface area contributed by atoms with Crippen molar-refractivity contribution in [3.8, 4) is 0 Å². The molecule has 0 fully saturated rings. The van der Waals surface area contributed by atoms with Crippen molar-refractivity contribution in [3.05, 3.63) is 39.7 Å². The molecule has 0 spiro atoms. The van der Waals surface area contributed by atoms with E-state index in [1.165, 1.54) is 14.0 Å². The number of halogens is 1. The third kappa shape index (κ3) is 5.09. The smallest absolute Gasteiger partial charge is 0.305 e. The van der Waals surface area contributed by atoms with Crippen molar-refractivity contribution < 1.29 is 24.0 Å². The van der Waals surface area contributed by atoms with Crippen LogP contribution in [-0.4, -0.2) is 41.8 Å². The maximum Gasteiger partial charge on any atom is 0.305 e. The van der Waals surface area contributed by atoms with Crippen molar-refractivity contribution in [2.24, 2.45) is 0 Å². The lowest BCUT2D eigenvalue weighted by Gasteiger charge is -2.23. The van der Waals surface area contributed by atoms with Gasteiger partial charge in [-0.15, -0.1) is 0 Å². The van der Waals surface area contributed by atoms with Crippen LogP contribution in [0.5, 0.6) is 0 Å². The summed E-state index contributed by atoms with van der Waals surface area (Å²) in [5.74, 6) is -1.64. The van der Waals surface area contributed by atoms with E-state index in [-0.39, 0.29) is 12.1 Å².